The number of rotatable bonds is 0. The molecule has 0 aliphatic carbocycles. The molecule has 1 aliphatic rings. The third-order valence-electron chi connectivity index (χ3n) is 2.74. The smallest absolute Gasteiger partial charge is 0.298 e. The molecule has 1 heterocycles. The summed E-state index contributed by atoms with van der Waals surface area (Å²) in [6, 6.07) is 0. The summed E-state index contributed by atoms with van der Waals surface area (Å²) in [6.45, 7) is 6.04. The van der Waals surface area contributed by atoms with Gasteiger partial charge in [-0.1, -0.05) is 13.8 Å². The third-order valence-corrected chi connectivity index (χ3v) is 2.74. The third kappa shape index (κ3) is 1.79. The maximum Gasteiger partial charge on any atom is 0.298 e. The Morgan fingerprint density at radius 2 is 2.17 bits per heavy atom. The van der Waals surface area contributed by atoms with Gasteiger partial charge in [0.1, 0.15) is 0 Å². The molecular weight excluding hydrogens is 150 g/mol. The van der Waals surface area contributed by atoms with Crippen LogP contribution >= 0.6 is 0 Å². The lowest BCUT2D eigenvalue weighted by Crippen LogP contribution is -2.41. The summed E-state index contributed by atoms with van der Waals surface area (Å²) in [4.78, 5) is 12.9. The molecule has 2 heteroatoms. The van der Waals surface area contributed by atoms with E-state index >= 15 is 0 Å². The van der Waals surface area contributed by atoms with Crippen LogP contribution in [0, 0.1) is 24.2 Å². The van der Waals surface area contributed by atoms with Gasteiger partial charge in [0.05, 0.1) is 0 Å². The van der Waals surface area contributed by atoms with Crippen molar-refractivity contribution in [3.63, 3.8) is 0 Å². The molecule has 0 spiro atoms. The van der Waals surface area contributed by atoms with Crippen molar-refractivity contribution in [2.45, 2.75) is 20.3 Å². The highest BCUT2D eigenvalue weighted by atomic mass is 16.2. The summed E-state index contributed by atoms with van der Waals surface area (Å²) in [5, 5.41) is 0. The van der Waals surface area contributed by atoms with Gasteiger partial charge in [-0.05, 0) is 24.2 Å². The second-order valence-electron chi connectivity index (χ2n) is 3.64. The first-order chi connectivity index (χ1) is 5.65. The van der Waals surface area contributed by atoms with E-state index in [4.69, 9.17) is 6.42 Å². The van der Waals surface area contributed by atoms with Crippen molar-refractivity contribution >= 4 is 5.91 Å². The molecular formula is C10H15NO. The van der Waals surface area contributed by atoms with E-state index < -0.39 is 0 Å². The quantitative estimate of drug-likeness (QED) is 0.493. The van der Waals surface area contributed by atoms with Gasteiger partial charge in [0, 0.05) is 13.1 Å². The molecule has 0 N–H and O–H groups in total. The molecule has 1 rings (SSSR count). The highest BCUT2D eigenvalue weighted by molar-refractivity contribution is 5.92. The first kappa shape index (κ1) is 9.12. The minimum Gasteiger partial charge on any atom is -0.332 e. The predicted molar refractivity (Wildman–Crippen MR) is 48.4 cm³/mol. The summed E-state index contributed by atoms with van der Waals surface area (Å²) in [6.07, 6.45) is 6.12. The Balaban J connectivity index is 2.52. The summed E-state index contributed by atoms with van der Waals surface area (Å²) >= 11 is 0. The largest absolute Gasteiger partial charge is 0.332 e. The number of carbonyl (C=O) groups excluding carboxylic acids is 1. The summed E-state index contributed by atoms with van der Waals surface area (Å²) < 4.78 is 0. The van der Waals surface area contributed by atoms with Crippen molar-refractivity contribution in [2.24, 2.45) is 11.8 Å². The molecule has 66 valence electrons. The van der Waals surface area contributed by atoms with Crippen LogP contribution in [0.2, 0.25) is 0 Å². The molecule has 12 heavy (non-hydrogen) atoms. The molecule has 2 nitrogen and oxygen atoms in total. The Morgan fingerprint density at radius 1 is 1.50 bits per heavy atom. The van der Waals surface area contributed by atoms with E-state index in [0.29, 0.717) is 11.8 Å². The molecule has 0 aromatic rings. The number of amides is 1. The predicted octanol–water partition coefficient (Wildman–Crippen LogP) is 1.12. The van der Waals surface area contributed by atoms with E-state index in [0.717, 1.165) is 19.5 Å². The zero-order valence-electron chi connectivity index (χ0n) is 7.71. The van der Waals surface area contributed by atoms with Gasteiger partial charge < -0.3 is 4.90 Å². The van der Waals surface area contributed by atoms with Crippen LogP contribution in [0.25, 0.3) is 0 Å². The van der Waals surface area contributed by atoms with E-state index in [-0.39, 0.29) is 5.91 Å². The van der Waals surface area contributed by atoms with Crippen LogP contribution in [0.1, 0.15) is 20.3 Å². The van der Waals surface area contributed by atoms with E-state index in [2.05, 4.69) is 19.8 Å². The van der Waals surface area contributed by atoms with Gasteiger partial charge in [0.2, 0.25) is 0 Å². The zero-order valence-corrected chi connectivity index (χ0v) is 7.71. The molecule has 1 amide bonds. The number of likely N-dealkylation sites (tertiary alicyclic amines) is 1. The minimum atomic E-state index is -0.159. The second kappa shape index (κ2) is 3.62. The van der Waals surface area contributed by atoms with Gasteiger partial charge in [0.25, 0.3) is 5.91 Å². The summed E-state index contributed by atoms with van der Waals surface area (Å²) in [7, 11) is 0. The minimum absolute atomic E-state index is 0.159. The lowest BCUT2D eigenvalue weighted by atomic mass is 9.89. The first-order valence-electron chi connectivity index (χ1n) is 4.40. The molecule has 1 aliphatic heterocycles. The zero-order chi connectivity index (χ0) is 9.14. The van der Waals surface area contributed by atoms with E-state index in [9.17, 15) is 4.79 Å². The average molecular weight is 165 g/mol. The number of hydrogen-bond acceptors (Lipinski definition) is 1. The molecule has 0 saturated carbocycles. The maximum atomic E-state index is 11.1. The highest BCUT2D eigenvalue weighted by Crippen LogP contribution is 2.21. The van der Waals surface area contributed by atoms with Crippen LogP contribution in [0.3, 0.4) is 0 Å². The lowest BCUT2D eigenvalue weighted by molar-refractivity contribution is -0.127. The van der Waals surface area contributed by atoms with E-state index in [1.54, 1.807) is 4.90 Å². The molecule has 0 aromatic heterocycles. The van der Waals surface area contributed by atoms with Crippen molar-refractivity contribution < 1.29 is 4.79 Å². The Labute approximate surface area is 73.9 Å². The molecule has 0 bridgehead atoms. The standard InChI is InChI=1S/C10H15NO/c1-4-10(12)11-6-5-8(2)9(3)7-11/h1,8-9H,5-7H2,2-3H3. The van der Waals surface area contributed by atoms with Crippen LogP contribution in [0.4, 0.5) is 0 Å². The number of nitrogens with zero attached hydrogens (tertiary/aromatic N) is 1. The van der Waals surface area contributed by atoms with Gasteiger partial charge in [-0.15, -0.1) is 6.42 Å². The average Bonchev–Trinajstić information content (AvgIpc) is 2.08. The van der Waals surface area contributed by atoms with Crippen LogP contribution in [0.15, 0.2) is 0 Å². The van der Waals surface area contributed by atoms with Crippen LogP contribution in [-0.2, 0) is 4.79 Å². The van der Waals surface area contributed by atoms with Crippen molar-refractivity contribution in [3.05, 3.63) is 0 Å². The van der Waals surface area contributed by atoms with Crippen LogP contribution in [0.5, 0.6) is 0 Å². The van der Waals surface area contributed by atoms with Crippen LogP contribution in [-0.4, -0.2) is 23.9 Å². The number of hydrogen-bond donors (Lipinski definition) is 0. The van der Waals surface area contributed by atoms with Crippen molar-refractivity contribution in [2.75, 3.05) is 13.1 Å². The number of piperidine rings is 1. The van der Waals surface area contributed by atoms with Crippen LogP contribution < -0.4 is 0 Å². The Kier molecular flexibility index (Phi) is 2.75. The summed E-state index contributed by atoms with van der Waals surface area (Å²) in [5.74, 6) is 3.29. The Hall–Kier alpha value is -0.970. The van der Waals surface area contributed by atoms with Gasteiger partial charge in [0.15, 0.2) is 0 Å². The SMILES string of the molecule is C#CC(=O)N1CCC(C)C(C)C1. The van der Waals surface area contributed by atoms with Gasteiger partial charge in [-0.2, -0.15) is 0 Å². The fourth-order valence-corrected chi connectivity index (χ4v) is 1.54. The molecule has 2 unspecified atom stereocenters. The summed E-state index contributed by atoms with van der Waals surface area (Å²) in [5.41, 5.74) is 0. The number of carbonyl (C=O) groups is 1. The molecule has 0 radical (unpaired) electrons. The Bertz CT molecular complexity index is 216. The monoisotopic (exact) mass is 165 g/mol. The van der Waals surface area contributed by atoms with Gasteiger partial charge >= 0.3 is 0 Å². The van der Waals surface area contributed by atoms with Gasteiger partial charge in [-0.3, -0.25) is 4.79 Å². The van der Waals surface area contributed by atoms with Crippen molar-refractivity contribution in [1.82, 2.24) is 4.90 Å². The molecule has 1 fully saturated rings. The second-order valence-corrected chi connectivity index (χ2v) is 3.64. The van der Waals surface area contributed by atoms with Crippen molar-refractivity contribution in [3.8, 4) is 12.3 Å². The van der Waals surface area contributed by atoms with Gasteiger partial charge in [-0.25, -0.2) is 0 Å². The lowest BCUT2D eigenvalue weighted by Gasteiger charge is -2.34. The topological polar surface area (TPSA) is 20.3 Å². The van der Waals surface area contributed by atoms with E-state index in [1.807, 2.05) is 0 Å². The molecule has 0 aromatic carbocycles. The molecule has 2 atom stereocenters. The number of terminal acetylenes is 1. The fraction of sp³-hybridized carbons (Fsp3) is 0.700. The maximum absolute atomic E-state index is 11.1. The normalized spacial score (nSPS) is 29.6. The first-order valence-corrected chi connectivity index (χ1v) is 4.40. The van der Waals surface area contributed by atoms with Crippen molar-refractivity contribution in [1.29, 1.82) is 0 Å². The highest BCUT2D eigenvalue weighted by Gasteiger charge is 2.24. The van der Waals surface area contributed by atoms with E-state index in [1.165, 1.54) is 0 Å². The molecule has 1 saturated heterocycles. The Morgan fingerprint density at radius 3 is 2.67 bits per heavy atom. The fourth-order valence-electron chi connectivity index (χ4n) is 1.54.